The molecule has 4 bridgehead atoms. The number of hydrogen-bond acceptors (Lipinski definition) is 12. The molecule has 4 saturated heterocycles. The molecular weight excluding hydrogens is 356 g/mol. The average Bonchev–Trinajstić information content (AvgIpc) is 2.78. The fourth-order valence-electron chi connectivity index (χ4n) is 5.19. The van der Waals surface area contributed by atoms with Gasteiger partial charge < -0.3 is 45.5 Å². The molecule has 11 atom stereocenters. The minimum absolute atomic E-state index is 0.188. The van der Waals surface area contributed by atoms with Crippen LogP contribution in [0.3, 0.4) is 0 Å². The number of guanidine groups is 1. The number of esters is 1. The van der Waals surface area contributed by atoms with Gasteiger partial charge in [0.2, 0.25) is 0 Å². The summed E-state index contributed by atoms with van der Waals surface area (Å²) in [5, 5.41) is 58.2. The molecule has 5 fully saturated rings. The van der Waals surface area contributed by atoms with Crippen LogP contribution in [0, 0.1) is 5.92 Å². The number of hydrogen-bond donors (Lipinski definition) is 8. The molecule has 2 spiro atoms. The van der Waals surface area contributed by atoms with Crippen LogP contribution in [0.15, 0.2) is 0 Å². The third-order valence-electron chi connectivity index (χ3n) is 6.26. The fraction of sp³-hybridized carbons (Fsp3) is 0.846. The molecule has 26 heavy (non-hydrogen) atoms. The van der Waals surface area contributed by atoms with Crippen LogP contribution in [0.5, 0.6) is 0 Å². The SMILES string of the molecule is NC1=[NH+][C@H](O)[C@H]2[C@H]3O[C@]4([O-])O[C@@H](C(O)[C@@]2(N1)[C@@H]4O)[C@@]31OC(=O)[C@@H](N)[C@H]1O. The summed E-state index contributed by atoms with van der Waals surface area (Å²) in [5.74, 6) is -5.24. The minimum atomic E-state index is -2.83. The monoisotopic (exact) mass is 374 g/mol. The van der Waals surface area contributed by atoms with E-state index in [9.17, 15) is 30.3 Å². The highest BCUT2D eigenvalue weighted by Crippen LogP contribution is 2.60. The fourth-order valence-corrected chi connectivity index (χ4v) is 5.19. The summed E-state index contributed by atoms with van der Waals surface area (Å²) < 4.78 is 15.8. The van der Waals surface area contributed by atoms with Crippen molar-refractivity contribution in [2.75, 3.05) is 0 Å². The lowest BCUT2D eigenvalue weighted by atomic mass is 9.54. The molecule has 0 aromatic carbocycles. The molecule has 6 rings (SSSR count). The molecule has 6 aliphatic rings. The molecule has 144 valence electrons. The van der Waals surface area contributed by atoms with E-state index in [-0.39, 0.29) is 5.96 Å². The predicted molar refractivity (Wildman–Crippen MR) is 72.8 cm³/mol. The van der Waals surface area contributed by atoms with E-state index >= 15 is 0 Å². The lowest BCUT2D eigenvalue weighted by Gasteiger charge is -2.73. The molecule has 0 aromatic rings. The first kappa shape index (κ1) is 16.6. The molecule has 0 amide bonds. The Morgan fingerprint density at radius 1 is 1.15 bits per heavy atom. The standard InChI is InChI=1S/C13H17N4O9/c14-2-3(18)12(26-8(2)21)5-1-7(20)16-10(15)17-11(1)4(19)6(12)25-13(23,24-5)9(11)22/h1-7,9,18-20,22H,14H2,(H3,15,16,17)/q-1/p+1/t1-,2+,3-,4?,5-,6+,7-,9+,11-,12+,13+/m1/s1. The van der Waals surface area contributed by atoms with Crippen molar-refractivity contribution in [3.8, 4) is 0 Å². The molecule has 10 N–H and O–H groups in total. The van der Waals surface area contributed by atoms with E-state index < -0.39 is 71.8 Å². The Balaban J connectivity index is 1.75. The topological polar surface area (TPSA) is 227 Å². The third kappa shape index (κ3) is 1.44. The van der Waals surface area contributed by atoms with Gasteiger partial charge in [-0.25, -0.2) is 0 Å². The van der Waals surface area contributed by atoms with Crippen molar-refractivity contribution in [1.82, 2.24) is 5.32 Å². The zero-order valence-electron chi connectivity index (χ0n) is 13.1. The lowest BCUT2D eigenvalue weighted by Crippen LogP contribution is -3.04. The summed E-state index contributed by atoms with van der Waals surface area (Å²) in [5.41, 5.74) is 7.44. The van der Waals surface area contributed by atoms with Crippen LogP contribution in [0.25, 0.3) is 0 Å². The van der Waals surface area contributed by atoms with Gasteiger partial charge in [0, 0.05) is 0 Å². The van der Waals surface area contributed by atoms with Crippen molar-refractivity contribution >= 4 is 11.9 Å². The Hall–Kier alpha value is -1.58. The van der Waals surface area contributed by atoms with Crippen molar-refractivity contribution in [3.63, 3.8) is 0 Å². The van der Waals surface area contributed by atoms with Crippen LogP contribution in [0.2, 0.25) is 0 Å². The molecule has 13 heteroatoms. The maximum Gasteiger partial charge on any atom is 0.343 e. The summed E-state index contributed by atoms with van der Waals surface area (Å²) >= 11 is 0. The summed E-state index contributed by atoms with van der Waals surface area (Å²) in [6, 6.07) is -1.46. The van der Waals surface area contributed by atoms with Crippen LogP contribution < -0.4 is 26.9 Å². The van der Waals surface area contributed by atoms with Crippen molar-refractivity contribution in [1.29, 1.82) is 0 Å². The Labute approximate surface area is 145 Å². The van der Waals surface area contributed by atoms with Crippen LogP contribution in [-0.2, 0) is 19.0 Å². The van der Waals surface area contributed by atoms with Gasteiger partial charge in [-0.15, -0.1) is 0 Å². The van der Waals surface area contributed by atoms with Gasteiger partial charge in [0.1, 0.15) is 42.5 Å². The number of carbonyl (C=O) groups is 1. The molecule has 1 unspecified atom stereocenters. The summed E-state index contributed by atoms with van der Waals surface area (Å²) in [6.07, 6.45) is -9.88. The van der Waals surface area contributed by atoms with Gasteiger partial charge in [-0.3, -0.25) is 20.8 Å². The lowest BCUT2D eigenvalue weighted by molar-refractivity contribution is -0.719. The van der Waals surface area contributed by atoms with E-state index in [4.69, 9.17) is 25.7 Å². The number of nitrogens with one attached hydrogen (secondary N) is 2. The minimum Gasteiger partial charge on any atom is -0.805 e. The normalized spacial score (nSPS) is 62.7. The van der Waals surface area contributed by atoms with Crippen molar-refractivity contribution in [2.24, 2.45) is 17.4 Å². The Morgan fingerprint density at radius 2 is 1.81 bits per heavy atom. The number of aliphatic hydroxyl groups excluding tert-OH is 4. The number of aliphatic hydroxyl groups is 4. The Bertz CT molecular complexity index is 736. The second kappa shape index (κ2) is 4.45. The second-order valence-electron chi connectivity index (χ2n) is 7.36. The van der Waals surface area contributed by atoms with Gasteiger partial charge in [-0.1, -0.05) is 0 Å². The molecule has 5 aliphatic heterocycles. The van der Waals surface area contributed by atoms with Crippen molar-refractivity contribution in [3.05, 3.63) is 0 Å². The van der Waals surface area contributed by atoms with Gasteiger partial charge in [-0.05, 0) is 0 Å². The van der Waals surface area contributed by atoms with Gasteiger partial charge in [0.25, 0.3) is 0 Å². The smallest absolute Gasteiger partial charge is 0.343 e. The zero-order chi connectivity index (χ0) is 18.8. The second-order valence-corrected chi connectivity index (χ2v) is 7.36. The number of ether oxygens (including phenoxy) is 3. The van der Waals surface area contributed by atoms with Gasteiger partial charge >= 0.3 is 11.9 Å². The highest BCUT2D eigenvalue weighted by molar-refractivity contribution is 5.80. The number of rotatable bonds is 0. The zero-order valence-corrected chi connectivity index (χ0v) is 13.1. The molecule has 0 radical (unpaired) electrons. The highest BCUT2D eigenvalue weighted by Gasteiger charge is 2.86. The highest BCUT2D eigenvalue weighted by atomic mass is 16.9. The van der Waals surface area contributed by atoms with Gasteiger partial charge in [0.05, 0.1) is 5.92 Å². The van der Waals surface area contributed by atoms with Crippen LogP contribution >= 0.6 is 0 Å². The van der Waals surface area contributed by atoms with Gasteiger partial charge in [-0.2, -0.15) is 0 Å². The predicted octanol–water partition coefficient (Wildman–Crippen LogP) is -8.81. The maximum absolute atomic E-state index is 12.9. The van der Waals surface area contributed by atoms with Crippen molar-refractivity contribution in [2.45, 2.75) is 59.9 Å². The van der Waals surface area contributed by atoms with E-state index in [0.717, 1.165) is 0 Å². The largest absolute Gasteiger partial charge is 0.805 e. The van der Waals surface area contributed by atoms with E-state index in [0.29, 0.717) is 0 Å². The summed E-state index contributed by atoms with van der Waals surface area (Å²) in [6.45, 7) is 0. The maximum atomic E-state index is 12.9. The van der Waals surface area contributed by atoms with Crippen LogP contribution in [0.4, 0.5) is 0 Å². The molecule has 13 nitrogen and oxygen atoms in total. The first-order valence-electron chi connectivity index (χ1n) is 8.03. The molecule has 1 saturated carbocycles. The van der Waals surface area contributed by atoms with E-state index in [2.05, 4.69) is 10.3 Å². The van der Waals surface area contributed by atoms with Crippen LogP contribution in [0.1, 0.15) is 0 Å². The van der Waals surface area contributed by atoms with E-state index in [1.165, 1.54) is 0 Å². The summed E-state index contributed by atoms with van der Waals surface area (Å²) in [4.78, 5) is 14.4. The summed E-state index contributed by atoms with van der Waals surface area (Å²) in [7, 11) is 0. The van der Waals surface area contributed by atoms with Crippen molar-refractivity contribution < 1.29 is 49.5 Å². The Morgan fingerprint density at radius 3 is 2.42 bits per heavy atom. The first-order valence-corrected chi connectivity index (χ1v) is 8.03. The third-order valence-corrected chi connectivity index (χ3v) is 6.26. The van der Waals surface area contributed by atoms with E-state index in [1.54, 1.807) is 0 Å². The Kier molecular flexibility index (Phi) is 2.84. The quantitative estimate of drug-likeness (QED) is 0.185. The molecule has 5 heterocycles. The van der Waals surface area contributed by atoms with Gasteiger partial charge in [0.15, 0.2) is 17.4 Å². The molecule has 1 aliphatic carbocycles. The average molecular weight is 374 g/mol. The molecule has 0 aromatic heterocycles. The molecular formula is C13H18N4O9. The first-order chi connectivity index (χ1) is 12.1. The number of nitrogens with two attached hydrogens (primary N) is 2. The van der Waals surface area contributed by atoms with E-state index in [1.807, 2.05) is 0 Å². The van der Waals surface area contributed by atoms with Crippen LogP contribution in [-0.4, -0.2) is 92.3 Å². The number of carbonyl (C=O) groups excluding carboxylic acids is 1.